The Morgan fingerprint density at radius 1 is 1.00 bits per heavy atom. The van der Waals surface area contributed by atoms with Crippen molar-refractivity contribution in [1.29, 1.82) is 0 Å². The van der Waals surface area contributed by atoms with E-state index in [1.807, 2.05) is 71.6 Å². The summed E-state index contributed by atoms with van der Waals surface area (Å²) in [4.78, 5) is 19.5. The van der Waals surface area contributed by atoms with E-state index in [9.17, 15) is 4.79 Å². The van der Waals surface area contributed by atoms with E-state index < -0.39 is 12.3 Å². The van der Waals surface area contributed by atoms with Gasteiger partial charge < -0.3 is 19.6 Å². The van der Waals surface area contributed by atoms with Crippen LogP contribution in [0.5, 0.6) is 11.5 Å². The first-order valence-electron chi connectivity index (χ1n) is 10.6. The molecule has 0 amide bonds. The molecule has 0 aliphatic carbocycles. The summed E-state index contributed by atoms with van der Waals surface area (Å²) in [5, 5.41) is 4.83. The van der Waals surface area contributed by atoms with Crippen LogP contribution in [-0.2, 0) is 22.7 Å². The summed E-state index contributed by atoms with van der Waals surface area (Å²) in [6, 6.07) is 21.4. The first kappa shape index (κ1) is 22.4. The minimum absolute atomic E-state index is 0.440. The monoisotopic (exact) mass is 448 g/mol. The Kier molecular flexibility index (Phi) is 6.67. The van der Waals surface area contributed by atoms with E-state index in [0.29, 0.717) is 24.6 Å². The van der Waals surface area contributed by atoms with E-state index >= 15 is 0 Å². The zero-order valence-electron chi connectivity index (χ0n) is 18.9. The Morgan fingerprint density at radius 3 is 2.33 bits per heavy atom. The summed E-state index contributed by atoms with van der Waals surface area (Å²) >= 11 is 0. The van der Waals surface area contributed by atoms with Crippen molar-refractivity contribution in [3.8, 4) is 11.5 Å². The number of carbonyl (C=O) groups excluding carboxylic acids is 1. The standard InChI is InChI=1S/C25H28N4O4/c1-17(30)33-29-22-14-20(27-19-8-5-4-6-9-19)13-12-18(22)15-28(25(29)26)16-21-23(31-2)10-7-11-24(21)32-3/h4-14,25,27H,15-16,26H2,1-3H3. The number of hydroxylamine groups is 1. The number of para-hydroxylation sites is 1. The van der Waals surface area contributed by atoms with Crippen LogP contribution in [0, 0.1) is 0 Å². The van der Waals surface area contributed by atoms with Crippen LogP contribution in [0.15, 0.2) is 66.7 Å². The van der Waals surface area contributed by atoms with Gasteiger partial charge in [0.15, 0.2) is 6.29 Å². The molecule has 0 fully saturated rings. The van der Waals surface area contributed by atoms with Crippen LogP contribution in [0.25, 0.3) is 0 Å². The van der Waals surface area contributed by atoms with E-state index in [4.69, 9.17) is 20.0 Å². The third kappa shape index (κ3) is 4.87. The number of nitrogens with two attached hydrogens (primary N) is 1. The van der Waals surface area contributed by atoms with Crippen molar-refractivity contribution < 1.29 is 19.1 Å². The van der Waals surface area contributed by atoms with Crippen LogP contribution in [0.4, 0.5) is 17.1 Å². The first-order chi connectivity index (χ1) is 16.0. The predicted octanol–water partition coefficient (Wildman–Crippen LogP) is 3.99. The molecule has 0 saturated carbocycles. The fourth-order valence-electron chi connectivity index (χ4n) is 3.95. The molecule has 3 aromatic rings. The third-order valence-electron chi connectivity index (χ3n) is 5.49. The summed E-state index contributed by atoms with van der Waals surface area (Å²) in [7, 11) is 3.24. The molecule has 0 spiro atoms. The molecule has 3 aromatic carbocycles. The Labute approximate surface area is 193 Å². The maximum Gasteiger partial charge on any atom is 0.329 e. The third-order valence-corrected chi connectivity index (χ3v) is 5.49. The maximum absolute atomic E-state index is 11.9. The Morgan fingerprint density at radius 2 is 1.70 bits per heavy atom. The molecule has 8 heteroatoms. The SMILES string of the molecule is COc1cccc(OC)c1CN1Cc2ccc(Nc3ccccc3)cc2N(OC(C)=O)C1N. The second kappa shape index (κ2) is 9.81. The topological polar surface area (TPSA) is 89.3 Å². The van der Waals surface area contributed by atoms with Gasteiger partial charge in [-0.1, -0.05) is 30.3 Å². The highest BCUT2D eigenvalue weighted by Crippen LogP contribution is 2.36. The van der Waals surface area contributed by atoms with Crippen molar-refractivity contribution >= 4 is 23.0 Å². The van der Waals surface area contributed by atoms with Crippen molar-refractivity contribution in [1.82, 2.24) is 4.90 Å². The summed E-state index contributed by atoms with van der Waals surface area (Å²) in [5.41, 5.74) is 11.0. The summed E-state index contributed by atoms with van der Waals surface area (Å²) in [6.07, 6.45) is -0.706. The second-order valence-electron chi connectivity index (χ2n) is 7.70. The molecule has 172 valence electrons. The Hall–Kier alpha value is -3.75. The Balaban J connectivity index is 1.66. The number of rotatable bonds is 7. The van der Waals surface area contributed by atoms with E-state index in [-0.39, 0.29) is 0 Å². The zero-order chi connectivity index (χ0) is 23.4. The molecule has 1 unspecified atom stereocenters. The maximum atomic E-state index is 11.9. The van der Waals surface area contributed by atoms with Gasteiger partial charge in [0.2, 0.25) is 0 Å². The minimum atomic E-state index is -0.706. The summed E-state index contributed by atoms with van der Waals surface area (Å²) < 4.78 is 11.1. The van der Waals surface area contributed by atoms with Crippen LogP contribution < -0.4 is 25.6 Å². The van der Waals surface area contributed by atoms with E-state index in [2.05, 4.69) is 5.32 Å². The number of fused-ring (bicyclic) bond motifs is 1. The smallest absolute Gasteiger partial charge is 0.329 e. The molecular formula is C25H28N4O4. The molecule has 33 heavy (non-hydrogen) atoms. The number of nitrogens with one attached hydrogen (secondary N) is 1. The van der Waals surface area contributed by atoms with Gasteiger partial charge in [0.1, 0.15) is 11.5 Å². The molecule has 4 rings (SSSR count). The van der Waals surface area contributed by atoms with Crippen LogP contribution >= 0.6 is 0 Å². The normalized spacial score (nSPS) is 15.5. The highest BCUT2D eigenvalue weighted by atomic mass is 16.7. The lowest BCUT2D eigenvalue weighted by molar-refractivity contribution is -0.145. The van der Waals surface area contributed by atoms with Gasteiger partial charge in [-0.2, -0.15) is 5.06 Å². The largest absolute Gasteiger partial charge is 0.496 e. The highest BCUT2D eigenvalue weighted by molar-refractivity contribution is 5.71. The number of carbonyl (C=O) groups is 1. The number of hydrogen-bond acceptors (Lipinski definition) is 8. The average molecular weight is 449 g/mol. The molecule has 1 aliphatic rings. The molecule has 1 atom stereocenters. The lowest BCUT2D eigenvalue weighted by Gasteiger charge is -2.42. The number of benzene rings is 3. The van der Waals surface area contributed by atoms with Crippen LogP contribution in [-0.4, -0.2) is 31.4 Å². The highest BCUT2D eigenvalue weighted by Gasteiger charge is 2.33. The fraction of sp³-hybridized carbons (Fsp3) is 0.240. The van der Waals surface area contributed by atoms with Crippen molar-refractivity contribution in [2.75, 3.05) is 24.6 Å². The van der Waals surface area contributed by atoms with Crippen LogP contribution in [0.2, 0.25) is 0 Å². The molecule has 0 bridgehead atoms. The van der Waals surface area contributed by atoms with Gasteiger partial charge in [-0.15, -0.1) is 0 Å². The van der Waals surface area contributed by atoms with Gasteiger partial charge in [-0.05, 0) is 42.0 Å². The van der Waals surface area contributed by atoms with Crippen molar-refractivity contribution in [2.24, 2.45) is 5.73 Å². The molecule has 1 heterocycles. The summed E-state index contributed by atoms with van der Waals surface area (Å²) in [5.74, 6) is 0.956. The first-order valence-corrected chi connectivity index (χ1v) is 10.6. The molecule has 0 radical (unpaired) electrons. The number of methoxy groups -OCH3 is 2. The lowest BCUT2D eigenvalue weighted by atomic mass is 10.1. The molecule has 8 nitrogen and oxygen atoms in total. The number of anilines is 3. The van der Waals surface area contributed by atoms with Crippen LogP contribution in [0.3, 0.4) is 0 Å². The van der Waals surface area contributed by atoms with Crippen molar-refractivity contribution in [3.63, 3.8) is 0 Å². The molecule has 0 aromatic heterocycles. The number of nitrogens with zero attached hydrogens (tertiary/aromatic N) is 2. The van der Waals surface area contributed by atoms with Gasteiger partial charge >= 0.3 is 5.97 Å². The molecule has 3 N–H and O–H groups in total. The molecule has 0 saturated heterocycles. The zero-order valence-corrected chi connectivity index (χ0v) is 18.9. The van der Waals surface area contributed by atoms with Crippen molar-refractivity contribution in [2.45, 2.75) is 26.3 Å². The number of hydrogen-bond donors (Lipinski definition) is 2. The molecule has 1 aliphatic heterocycles. The average Bonchev–Trinajstić information content (AvgIpc) is 2.82. The number of ether oxygens (including phenoxy) is 2. The van der Waals surface area contributed by atoms with E-state index in [0.717, 1.165) is 28.2 Å². The molecular weight excluding hydrogens is 420 g/mol. The van der Waals surface area contributed by atoms with E-state index in [1.165, 1.54) is 12.0 Å². The van der Waals surface area contributed by atoms with Gasteiger partial charge in [0.25, 0.3) is 0 Å². The van der Waals surface area contributed by atoms with E-state index in [1.54, 1.807) is 14.2 Å². The van der Waals surface area contributed by atoms with Gasteiger partial charge in [-0.25, -0.2) is 0 Å². The summed E-state index contributed by atoms with van der Waals surface area (Å²) in [6.45, 7) is 2.36. The second-order valence-corrected chi connectivity index (χ2v) is 7.70. The van der Waals surface area contributed by atoms with Gasteiger partial charge in [-0.3, -0.25) is 15.4 Å². The van der Waals surface area contributed by atoms with Crippen molar-refractivity contribution in [3.05, 3.63) is 77.9 Å². The lowest BCUT2D eigenvalue weighted by Crippen LogP contribution is -2.57. The van der Waals surface area contributed by atoms with Crippen LogP contribution in [0.1, 0.15) is 18.1 Å². The quantitative estimate of drug-likeness (QED) is 0.561. The Bertz CT molecular complexity index is 1100. The van der Waals surface area contributed by atoms with Gasteiger partial charge in [0.05, 0.1) is 25.5 Å². The predicted molar refractivity (Wildman–Crippen MR) is 127 cm³/mol. The van der Waals surface area contributed by atoms with Gasteiger partial charge in [0, 0.05) is 31.4 Å². The minimum Gasteiger partial charge on any atom is -0.496 e. The fourth-order valence-corrected chi connectivity index (χ4v) is 3.95.